The van der Waals surface area contributed by atoms with Crippen molar-refractivity contribution in [2.24, 2.45) is 0 Å². The van der Waals surface area contributed by atoms with Crippen LogP contribution in [-0.2, 0) is 22.4 Å². The Morgan fingerprint density at radius 2 is 1.92 bits per heavy atom. The summed E-state index contributed by atoms with van der Waals surface area (Å²) in [5, 5.41) is 14.6. The van der Waals surface area contributed by atoms with Gasteiger partial charge in [-0.15, -0.1) is 0 Å². The molecule has 1 atom stereocenters. The van der Waals surface area contributed by atoms with Gasteiger partial charge in [0.25, 0.3) is 5.91 Å². The summed E-state index contributed by atoms with van der Waals surface area (Å²) in [6.45, 7) is 0. The van der Waals surface area contributed by atoms with Crippen LogP contribution in [-0.4, -0.2) is 28.9 Å². The number of hydrogen-bond acceptors (Lipinski definition) is 3. The van der Waals surface area contributed by atoms with Gasteiger partial charge < -0.3 is 15.7 Å². The minimum atomic E-state index is -1.09. The van der Waals surface area contributed by atoms with E-state index in [1.807, 2.05) is 30.3 Å². The first-order valence-electron chi connectivity index (χ1n) is 7.53. The first-order chi connectivity index (χ1) is 11.5. The van der Waals surface area contributed by atoms with Crippen LogP contribution in [0.15, 0.2) is 48.5 Å². The normalized spacial score (nSPS) is 13.8. The largest absolute Gasteiger partial charge is 0.480 e. The molecule has 1 aliphatic rings. The smallest absolute Gasteiger partial charge is 0.326 e. The van der Waals surface area contributed by atoms with Crippen molar-refractivity contribution in [3.8, 4) is 0 Å². The number of rotatable bonds is 5. The number of carbonyl (C=O) groups excluding carboxylic acids is 2. The predicted molar refractivity (Wildman–Crippen MR) is 87.8 cm³/mol. The molecule has 1 unspecified atom stereocenters. The van der Waals surface area contributed by atoms with Crippen LogP contribution in [0.1, 0.15) is 21.5 Å². The van der Waals surface area contributed by atoms with E-state index in [2.05, 4.69) is 10.6 Å². The second kappa shape index (κ2) is 6.54. The lowest BCUT2D eigenvalue weighted by Crippen LogP contribution is -2.42. The van der Waals surface area contributed by atoms with E-state index in [1.165, 1.54) is 0 Å². The van der Waals surface area contributed by atoms with Crippen molar-refractivity contribution in [1.82, 2.24) is 5.32 Å². The molecule has 6 heteroatoms. The van der Waals surface area contributed by atoms with Gasteiger partial charge in [-0.3, -0.25) is 9.59 Å². The molecule has 1 heterocycles. The van der Waals surface area contributed by atoms with Gasteiger partial charge in [-0.25, -0.2) is 4.79 Å². The number of aliphatic carboxylic acids is 1. The maximum atomic E-state index is 12.4. The SMILES string of the molecule is O=C1Cc2cc(C(=O)NC(Cc3ccccc3)C(=O)O)ccc2N1. The van der Waals surface area contributed by atoms with Crippen molar-refractivity contribution in [2.75, 3.05) is 5.32 Å². The highest BCUT2D eigenvalue weighted by atomic mass is 16.4. The lowest BCUT2D eigenvalue weighted by molar-refractivity contribution is -0.139. The Morgan fingerprint density at radius 3 is 2.62 bits per heavy atom. The first kappa shape index (κ1) is 15.7. The van der Waals surface area contributed by atoms with Crippen molar-refractivity contribution >= 4 is 23.5 Å². The number of carboxylic acid groups (broad SMARTS) is 1. The van der Waals surface area contributed by atoms with E-state index in [1.54, 1.807) is 18.2 Å². The molecule has 2 aromatic rings. The quantitative estimate of drug-likeness (QED) is 0.778. The average Bonchev–Trinajstić information content (AvgIpc) is 2.94. The molecule has 0 aliphatic carbocycles. The Hall–Kier alpha value is -3.15. The van der Waals surface area contributed by atoms with Crippen molar-refractivity contribution in [1.29, 1.82) is 0 Å². The number of amides is 2. The molecule has 1 aliphatic heterocycles. The third kappa shape index (κ3) is 3.43. The summed E-state index contributed by atoms with van der Waals surface area (Å²) >= 11 is 0. The summed E-state index contributed by atoms with van der Waals surface area (Å²) in [7, 11) is 0. The molecule has 2 aromatic carbocycles. The first-order valence-corrected chi connectivity index (χ1v) is 7.53. The van der Waals surface area contributed by atoms with Gasteiger partial charge in [0, 0.05) is 17.7 Å². The van der Waals surface area contributed by atoms with E-state index < -0.39 is 17.9 Å². The molecule has 24 heavy (non-hydrogen) atoms. The fourth-order valence-electron chi connectivity index (χ4n) is 2.66. The highest BCUT2D eigenvalue weighted by Gasteiger charge is 2.23. The zero-order valence-corrected chi connectivity index (χ0v) is 12.8. The van der Waals surface area contributed by atoms with E-state index >= 15 is 0 Å². The number of carboxylic acids is 1. The molecule has 0 bridgehead atoms. The van der Waals surface area contributed by atoms with Crippen LogP contribution in [0.3, 0.4) is 0 Å². The third-order valence-corrected chi connectivity index (χ3v) is 3.88. The van der Waals surface area contributed by atoms with Crippen LogP contribution in [0.2, 0.25) is 0 Å². The second-order valence-corrected chi connectivity index (χ2v) is 5.65. The number of hydrogen-bond donors (Lipinski definition) is 3. The van der Waals surface area contributed by atoms with Crippen LogP contribution in [0.25, 0.3) is 0 Å². The fourth-order valence-corrected chi connectivity index (χ4v) is 2.66. The Balaban J connectivity index is 1.73. The summed E-state index contributed by atoms with van der Waals surface area (Å²) in [5.74, 6) is -1.68. The molecule has 122 valence electrons. The van der Waals surface area contributed by atoms with Crippen molar-refractivity contribution < 1.29 is 19.5 Å². The maximum absolute atomic E-state index is 12.4. The molecule has 0 spiro atoms. The number of anilines is 1. The van der Waals surface area contributed by atoms with Gasteiger partial charge in [-0.05, 0) is 29.3 Å². The fraction of sp³-hybridized carbons (Fsp3) is 0.167. The Morgan fingerprint density at radius 1 is 1.17 bits per heavy atom. The van der Waals surface area contributed by atoms with Crippen LogP contribution in [0.4, 0.5) is 5.69 Å². The highest BCUT2D eigenvalue weighted by molar-refractivity contribution is 6.02. The number of benzene rings is 2. The van der Waals surface area contributed by atoms with Gasteiger partial charge in [-0.2, -0.15) is 0 Å². The Bertz CT molecular complexity index is 802. The number of fused-ring (bicyclic) bond motifs is 1. The molecule has 0 radical (unpaired) electrons. The molecular weight excluding hydrogens is 308 g/mol. The molecular formula is C18H16N2O4. The van der Waals surface area contributed by atoms with E-state index in [9.17, 15) is 19.5 Å². The van der Waals surface area contributed by atoms with Gasteiger partial charge in [0.1, 0.15) is 6.04 Å². The average molecular weight is 324 g/mol. The summed E-state index contributed by atoms with van der Waals surface area (Å²) in [6, 6.07) is 12.9. The van der Waals surface area contributed by atoms with Crippen LogP contribution >= 0.6 is 0 Å². The lowest BCUT2D eigenvalue weighted by Gasteiger charge is -2.15. The monoisotopic (exact) mass is 324 g/mol. The molecule has 2 amide bonds. The maximum Gasteiger partial charge on any atom is 0.326 e. The second-order valence-electron chi connectivity index (χ2n) is 5.65. The van der Waals surface area contributed by atoms with Gasteiger partial charge in [0.2, 0.25) is 5.91 Å². The van der Waals surface area contributed by atoms with E-state index in [0.29, 0.717) is 11.3 Å². The molecule has 0 saturated carbocycles. The Labute approximate surface area is 138 Å². The minimum absolute atomic E-state index is 0.116. The standard InChI is InChI=1S/C18H16N2O4/c21-16-10-13-9-12(6-7-14(13)19-16)17(22)20-15(18(23)24)8-11-4-2-1-3-5-11/h1-7,9,15H,8,10H2,(H,19,21)(H,20,22)(H,23,24). The van der Waals surface area contributed by atoms with Crippen LogP contribution in [0.5, 0.6) is 0 Å². The summed E-state index contributed by atoms with van der Waals surface area (Å²) in [4.78, 5) is 35.1. The highest BCUT2D eigenvalue weighted by Crippen LogP contribution is 2.23. The third-order valence-electron chi connectivity index (χ3n) is 3.88. The van der Waals surface area contributed by atoms with Gasteiger partial charge in [0.05, 0.1) is 6.42 Å². The number of nitrogens with one attached hydrogen (secondary N) is 2. The van der Waals surface area contributed by atoms with E-state index in [4.69, 9.17) is 0 Å². The van der Waals surface area contributed by atoms with Crippen molar-refractivity contribution in [3.63, 3.8) is 0 Å². The molecule has 0 saturated heterocycles. The topological polar surface area (TPSA) is 95.5 Å². The predicted octanol–water partition coefficient (Wildman–Crippen LogP) is 1.61. The van der Waals surface area contributed by atoms with Crippen molar-refractivity contribution in [2.45, 2.75) is 18.9 Å². The van der Waals surface area contributed by atoms with Crippen molar-refractivity contribution in [3.05, 3.63) is 65.2 Å². The molecule has 0 fully saturated rings. The van der Waals surface area contributed by atoms with Crippen LogP contribution < -0.4 is 10.6 Å². The summed E-state index contributed by atoms with van der Waals surface area (Å²) in [6.07, 6.45) is 0.426. The van der Waals surface area contributed by atoms with Crippen LogP contribution in [0, 0.1) is 0 Å². The summed E-state index contributed by atoms with van der Waals surface area (Å²) in [5.41, 5.74) is 2.59. The van der Waals surface area contributed by atoms with Gasteiger partial charge in [0.15, 0.2) is 0 Å². The molecule has 3 rings (SSSR count). The molecule has 0 aromatic heterocycles. The van der Waals surface area contributed by atoms with Gasteiger partial charge in [-0.1, -0.05) is 30.3 Å². The zero-order valence-electron chi connectivity index (χ0n) is 12.8. The van der Waals surface area contributed by atoms with E-state index in [0.717, 1.165) is 11.1 Å². The number of carbonyl (C=O) groups is 3. The Kier molecular flexibility index (Phi) is 4.29. The summed E-state index contributed by atoms with van der Waals surface area (Å²) < 4.78 is 0. The lowest BCUT2D eigenvalue weighted by atomic mass is 10.0. The molecule has 6 nitrogen and oxygen atoms in total. The zero-order chi connectivity index (χ0) is 17.1. The minimum Gasteiger partial charge on any atom is -0.480 e. The van der Waals surface area contributed by atoms with E-state index in [-0.39, 0.29) is 18.7 Å². The molecule has 3 N–H and O–H groups in total. The van der Waals surface area contributed by atoms with Gasteiger partial charge >= 0.3 is 5.97 Å².